The summed E-state index contributed by atoms with van der Waals surface area (Å²) in [5.74, 6) is 0.946. The standard InChI is InChI=1S/C11H13N3/c1-7-3-2-4-8-9(7)14-10(13-8)11(12)5-6-11/h2-4H,5-6,12H2,1H3,(H,13,14). The summed E-state index contributed by atoms with van der Waals surface area (Å²) in [6.45, 7) is 2.07. The molecule has 1 heterocycles. The van der Waals surface area contributed by atoms with Crippen molar-refractivity contribution in [2.45, 2.75) is 25.3 Å². The average Bonchev–Trinajstić information content (AvgIpc) is 2.77. The minimum absolute atomic E-state index is 0.161. The van der Waals surface area contributed by atoms with Gasteiger partial charge in [-0.15, -0.1) is 0 Å². The third-order valence-electron chi connectivity index (χ3n) is 2.97. The Morgan fingerprint density at radius 3 is 2.86 bits per heavy atom. The SMILES string of the molecule is Cc1cccc2[nH]c(C3(N)CC3)nc12. The Bertz CT molecular complexity index is 494. The lowest BCUT2D eigenvalue weighted by Crippen LogP contribution is -2.20. The van der Waals surface area contributed by atoms with Crippen molar-refractivity contribution >= 4 is 11.0 Å². The number of H-pyrrole nitrogens is 1. The lowest BCUT2D eigenvalue weighted by Gasteiger charge is -2.01. The molecule has 14 heavy (non-hydrogen) atoms. The van der Waals surface area contributed by atoms with Crippen molar-refractivity contribution < 1.29 is 0 Å². The molecule has 0 unspecified atom stereocenters. The van der Waals surface area contributed by atoms with E-state index in [1.165, 1.54) is 5.56 Å². The summed E-state index contributed by atoms with van der Waals surface area (Å²) in [6.07, 6.45) is 2.09. The van der Waals surface area contributed by atoms with Gasteiger partial charge in [0.05, 0.1) is 16.6 Å². The van der Waals surface area contributed by atoms with Crippen LogP contribution in [0.15, 0.2) is 18.2 Å². The maximum atomic E-state index is 6.09. The number of aromatic nitrogens is 2. The zero-order chi connectivity index (χ0) is 9.76. The number of rotatable bonds is 1. The number of hydrogen-bond donors (Lipinski definition) is 2. The van der Waals surface area contributed by atoms with E-state index in [1.807, 2.05) is 12.1 Å². The second-order valence-corrected chi connectivity index (χ2v) is 4.21. The first kappa shape index (κ1) is 8.00. The molecule has 3 nitrogen and oxygen atoms in total. The Balaban J connectivity index is 2.25. The molecule has 1 aromatic heterocycles. The fraction of sp³-hybridized carbons (Fsp3) is 0.364. The topological polar surface area (TPSA) is 54.7 Å². The second-order valence-electron chi connectivity index (χ2n) is 4.21. The number of para-hydroxylation sites is 1. The largest absolute Gasteiger partial charge is 0.340 e. The van der Waals surface area contributed by atoms with Gasteiger partial charge in [0.1, 0.15) is 5.82 Å². The van der Waals surface area contributed by atoms with E-state index >= 15 is 0 Å². The molecule has 2 aromatic rings. The summed E-state index contributed by atoms with van der Waals surface area (Å²) in [5.41, 5.74) is 9.28. The molecular weight excluding hydrogens is 174 g/mol. The van der Waals surface area contributed by atoms with Gasteiger partial charge in [-0.3, -0.25) is 0 Å². The highest BCUT2D eigenvalue weighted by Crippen LogP contribution is 2.41. The van der Waals surface area contributed by atoms with Crippen LogP contribution in [0.25, 0.3) is 11.0 Å². The van der Waals surface area contributed by atoms with Crippen LogP contribution in [0.4, 0.5) is 0 Å². The van der Waals surface area contributed by atoms with Crippen LogP contribution in [0.5, 0.6) is 0 Å². The second kappa shape index (κ2) is 2.36. The number of aryl methyl sites for hydroxylation is 1. The van der Waals surface area contributed by atoms with E-state index in [1.54, 1.807) is 0 Å². The highest BCUT2D eigenvalue weighted by molar-refractivity contribution is 5.78. The van der Waals surface area contributed by atoms with E-state index in [0.717, 1.165) is 29.7 Å². The van der Waals surface area contributed by atoms with Crippen molar-refractivity contribution in [3.63, 3.8) is 0 Å². The van der Waals surface area contributed by atoms with Crippen LogP contribution in [-0.2, 0) is 5.54 Å². The molecule has 72 valence electrons. The van der Waals surface area contributed by atoms with E-state index < -0.39 is 0 Å². The molecule has 0 saturated heterocycles. The maximum absolute atomic E-state index is 6.09. The van der Waals surface area contributed by atoms with E-state index in [-0.39, 0.29) is 5.54 Å². The smallest absolute Gasteiger partial charge is 0.127 e. The molecule has 1 aliphatic carbocycles. The molecule has 0 radical (unpaired) electrons. The van der Waals surface area contributed by atoms with Gasteiger partial charge in [0.25, 0.3) is 0 Å². The summed E-state index contributed by atoms with van der Waals surface area (Å²) in [7, 11) is 0. The van der Waals surface area contributed by atoms with Crippen LogP contribution >= 0.6 is 0 Å². The zero-order valence-corrected chi connectivity index (χ0v) is 8.17. The van der Waals surface area contributed by atoms with Crippen molar-refractivity contribution in [1.29, 1.82) is 0 Å². The van der Waals surface area contributed by atoms with Crippen LogP contribution in [0.2, 0.25) is 0 Å². The molecular formula is C11H13N3. The van der Waals surface area contributed by atoms with Gasteiger partial charge >= 0.3 is 0 Å². The Morgan fingerprint density at radius 2 is 2.21 bits per heavy atom. The molecule has 0 spiro atoms. The van der Waals surface area contributed by atoms with Crippen molar-refractivity contribution in [3.05, 3.63) is 29.6 Å². The normalized spacial score (nSPS) is 18.7. The van der Waals surface area contributed by atoms with Crippen LogP contribution < -0.4 is 5.73 Å². The lowest BCUT2D eigenvalue weighted by atomic mass is 10.2. The zero-order valence-electron chi connectivity index (χ0n) is 8.17. The number of fused-ring (bicyclic) bond motifs is 1. The fourth-order valence-corrected chi connectivity index (χ4v) is 1.78. The lowest BCUT2D eigenvalue weighted by molar-refractivity contribution is 0.688. The average molecular weight is 187 g/mol. The van der Waals surface area contributed by atoms with Gasteiger partial charge < -0.3 is 10.7 Å². The first-order valence-corrected chi connectivity index (χ1v) is 4.94. The summed E-state index contributed by atoms with van der Waals surface area (Å²) in [4.78, 5) is 7.87. The number of imidazole rings is 1. The number of nitrogens with one attached hydrogen (secondary N) is 1. The molecule has 0 aliphatic heterocycles. The van der Waals surface area contributed by atoms with Crippen molar-refractivity contribution in [2.24, 2.45) is 5.73 Å². The van der Waals surface area contributed by atoms with Crippen molar-refractivity contribution in [1.82, 2.24) is 9.97 Å². The summed E-state index contributed by atoms with van der Waals surface area (Å²) < 4.78 is 0. The molecule has 0 bridgehead atoms. The van der Waals surface area contributed by atoms with Gasteiger partial charge in [-0.2, -0.15) is 0 Å². The van der Waals surface area contributed by atoms with Gasteiger partial charge in [-0.05, 0) is 31.4 Å². The molecule has 0 atom stereocenters. The predicted molar refractivity (Wildman–Crippen MR) is 55.9 cm³/mol. The van der Waals surface area contributed by atoms with Gasteiger partial charge in [0.2, 0.25) is 0 Å². The number of nitrogens with two attached hydrogens (primary N) is 1. The Hall–Kier alpha value is -1.35. The number of nitrogens with zero attached hydrogens (tertiary/aromatic N) is 1. The summed E-state index contributed by atoms with van der Waals surface area (Å²) >= 11 is 0. The van der Waals surface area contributed by atoms with Gasteiger partial charge in [-0.1, -0.05) is 12.1 Å². The quantitative estimate of drug-likeness (QED) is 0.715. The third-order valence-corrected chi connectivity index (χ3v) is 2.97. The van der Waals surface area contributed by atoms with E-state index in [2.05, 4.69) is 23.0 Å². The Kier molecular flexibility index (Phi) is 1.35. The molecule has 3 heteroatoms. The van der Waals surface area contributed by atoms with Crippen molar-refractivity contribution in [3.8, 4) is 0 Å². The number of benzene rings is 1. The first-order valence-electron chi connectivity index (χ1n) is 4.94. The highest BCUT2D eigenvalue weighted by atomic mass is 15.0. The van der Waals surface area contributed by atoms with E-state index in [0.29, 0.717) is 0 Å². The molecule has 0 amide bonds. The molecule has 3 rings (SSSR count). The minimum Gasteiger partial charge on any atom is -0.340 e. The summed E-state index contributed by atoms with van der Waals surface area (Å²) in [5, 5.41) is 0. The predicted octanol–water partition coefficient (Wildman–Crippen LogP) is 1.82. The maximum Gasteiger partial charge on any atom is 0.127 e. The fourth-order valence-electron chi connectivity index (χ4n) is 1.78. The van der Waals surface area contributed by atoms with Crippen LogP contribution in [0, 0.1) is 6.92 Å². The number of aromatic amines is 1. The molecule has 1 fully saturated rings. The van der Waals surface area contributed by atoms with Gasteiger partial charge in [0, 0.05) is 0 Å². The van der Waals surface area contributed by atoms with Crippen LogP contribution in [-0.4, -0.2) is 9.97 Å². The number of hydrogen-bond acceptors (Lipinski definition) is 2. The highest BCUT2D eigenvalue weighted by Gasteiger charge is 2.43. The van der Waals surface area contributed by atoms with Gasteiger partial charge in [-0.25, -0.2) is 4.98 Å². The Morgan fingerprint density at radius 1 is 1.43 bits per heavy atom. The van der Waals surface area contributed by atoms with E-state index in [9.17, 15) is 0 Å². The van der Waals surface area contributed by atoms with E-state index in [4.69, 9.17) is 5.73 Å². The van der Waals surface area contributed by atoms with Gasteiger partial charge in [0.15, 0.2) is 0 Å². The molecule has 1 aromatic carbocycles. The minimum atomic E-state index is -0.161. The third kappa shape index (κ3) is 0.990. The monoisotopic (exact) mass is 187 g/mol. The first-order chi connectivity index (χ1) is 6.69. The van der Waals surface area contributed by atoms with Crippen LogP contribution in [0.1, 0.15) is 24.2 Å². The van der Waals surface area contributed by atoms with Crippen LogP contribution in [0.3, 0.4) is 0 Å². The Labute approximate surface area is 82.3 Å². The molecule has 1 saturated carbocycles. The molecule has 3 N–H and O–H groups in total. The van der Waals surface area contributed by atoms with Crippen molar-refractivity contribution in [2.75, 3.05) is 0 Å². The molecule has 1 aliphatic rings. The summed E-state index contributed by atoms with van der Waals surface area (Å²) in [6, 6.07) is 6.16.